The topological polar surface area (TPSA) is 6.48 Å². The standard InChI is InChI=1S/C78H85BN2SSi/c1-72(2,3)50-43-66-69-67(44-50)81(51-31-34-56(35-32-51)83(53-25-19-16-20-26-53,54-27-21-17-22-28-54)55-29-23-18-24-30-55)70-57-46-60-63(78(14,15)42-39-75(60,8)9)49-68(57)82-71(70)79(69)64-47-61-62(77(12,13)41-40-76(61,10)11)48-65(64)80(66)52-33-36-58-59(45-52)74(6,7)38-37-73(58,4)5/h16-36,43-49H,37-42H2,1-15H3. The van der Waals surface area contributed by atoms with E-state index in [9.17, 15) is 0 Å². The fourth-order valence-electron chi connectivity index (χ4n) is 16.2. The van der Waals surface area contributed by atoms with Gasteiger partial charge in [0.25, 0.3) is 6.71 Å². The van der Waals surface area contributed by atoms with Crippen molar-refractivity contribution >= 4 is 107 Å². The van der Waals surface area contributed by atoms with Gasteiger partial charge in [0, 0.05) is 43.3 Å². The number of hydrogen-bond donors (Lipinski definition) is 0. The Bertz CT molecular complexity index is 3980. The van der Waals surface area contributed by atoms with E-state index in [0.717, 1.165) is 0 Å². The molecular formula is C78H85BN2SSi. The molecule has 0 fully saturated rings. The Morgan fingerprint density at radius 1 is 0.398 bits per heavy atom. The van der Waals surface area contributed by atoms with Crippen LogP contribution < -0.4 is 46.2 Å². The van der Waals surface area contributed by atoms with E-state index in [1.807, 2.05) is 0 Å². The van der Waals surface area contributed by atoms with Crippen LogP contribution in [0.1, 0.15) is 181 Å². The summed E-state index contributed by atoms with van der Waals surface area (Å²) >= 11 is 2.08. The van der Waals surface area contributed by atoms with Crippen LogP contribution in [0.5, 0.6) is 0 Å². The molecule has 2 aliphatic heterocycles. The SMILES string of the molecule is CC(C)(C)c1cc2c3c(c1)N(c1ccc([Si](c4ccccc4)(c4ccccc4)c4ccccc4)cc1)c1c(sc4cc5c(cc14)C(C)(C)CCC5(C)C)B3c1cc3c(cc1N2c1ccc2c(c1)C(C)(C)CCC2(C)C)C(C)(C)CCC3(C)C. The van der Waals surface area contributed by atoms with Gasteiger partial charge in [-0.1, -0.05) is 219 Å². The minimum Gasteiger partial charge on any atom is -0.311 e. The molecule has 0 spiro atoms. The molecule has 3 aliphatic carbocycles. The molecule has 420 valence electrons. The highest BCUT2D eigenvalue weighted by Gasteiger charge is 2.50. The van der Waals surface area contributed by atoms with Gasteiger partial charge in [-0.2, -0.15) is 0 Å². The first-order chi connectivity index (χ1) is 39.2. The maximum absolute atomic E-state index is 2.82. The van der Waals surface area contributed by atoms with E-state index in [0.29, 0.717) is 0 Å². The molecule has 83 heavy (non-hydrogen) atoms. The number of thiophene rings is 1. The minimum atomic E-state index is -2.82. The van der Waals surface area contributed by atoms with Crippen LogP contribution in [0.25, 0.3) is 10.1 Å². The second-order valence-corrected chi connectivity index (χ2v) is 35.8. The van der Waals surface area contributed by atoms with Crippen LogP contribution in [0.2, 0.25) is 0 Å². The smallest absolute Gasteiger partial charge is 0.264 e. The Balaban J connectivity index is 1.10. The number of fused-ring (bicyclic) bond motifs is 9. The lowest BCUT2D eigenvalue weighted by Gasteiger charge is -2.48. The van der Waals surface area contributed by atoms with Crippen molar-refractivity contribution in [1.82, 2.24) is 0 Å². The molecule has 14 rings (SSSR count). The zero-order valence-corrected chi connectivity index (χ0v) is 54.1. The van der Waals surface area contributed by atoms with Crippen molar-refractivity contribution in [3.8, 4) is 0 Å². The Kier molecular flexibility index (Phi) is 12.0. The molecule has 0 amide bonds. The molecule has 0 saturated carbocycles. The molecule has 3 heterocycles. The second kappa shape index (κ2) is 18.3. The molecule has 9 aromatic rings. The van der Waals surface area contributed by atoms with Crippen LogP contribution in [0.4, 0.5) is 34.1 Å². The largest absolute Gasteiger partial charge is 0.311 e. The summed E-state index contributed by atoms with van der Waals surface area (Å²) < 4.78 is 2.86. The summed E-state index contributed by atoms with van der Waals surface area (Å²) in [6, 6.07) is 68.0. The summed E-state index contributed by atoms with van der Waals surface area (Å²) in [5.41, 5.74) is 21.3. The summed E-state index contributed by atoms with van der Waals surface area (Å²) in [6.07, 6.45) is 7.07. The van der Waals surface area contributed by atoms with E-state index in [1.54, 1.807) is 0 Å². The molecule has 8 aromatic carbocycles. The predicted molar refractivity (Wildman–Crippen MR) is 364 cm³/mol. The Morgan fingerprint density at radius 2 is 0.807 bits per heavy atom. The molecule has 0 bridgehead atoms. The molecule has 5 heteroatoms. The highest BCUT2D eigenvalue weighted by Crippen LogP contribution is 2.56. The van der Waals surface area contributed by atoms with Crippen molar-refractivity contribution in [2.45, 2.75) is 180 Å². The van der Waals surface area contributed by atoms with Gasteiger partial charge in [-0.3, -0.25) is 0 Å². The van der Waals surface area contributed by atoms with E-state index < -0.39 is 8.07 Å². The first-order valence-electron chi connectivity index (χ1n) is 31.2. The lowest BCUT2D eigenvalue weighted by molar-refractivity contribution is 0.332. The van der Waals surface area contributed by atoms with Crippen LogP contribution in [0.3, 0.4) is 0 Å². The zero-order valence-electron chi connectivity index (χ0n) is 52.3. The number of anilines is 6. The number of nitrogens with zero attached hydrogens (tertiary/aromatic N) is 2. The molecule has 0 radical (unpaired) electrons. The molecule has 0 saturated heterocycles. The van der Waals surface area contributed by atoms with Crippen molar-refractivity contribution in [3.63, 3.8) is 0 Å². The summed E-state index contributed by atoms with van der Waals surface area (Å²) in [5.74, 6) is 0. The van der Waals surface area contributed by atoms with Gasteiger partial charge in [-0.15, -0.1) is 11.3 Å². The zero-order chi connectivity index (χ0) is 58.2. The average molecular weight is 1120 g/mol. The molecule has 1 aromatic heterocycles. The molecule has 5 aliphatic rings. The van der Waals surface area contributed by atoms with Gasteiger partial charge in [-0.25, -0.2) is 0 Å². The summed E-state index contributed by atoms with van der Waals surface area (Å²) in [5, 5.41) is 6.94. The number of rotatable bonds is 6. The van der Waals surface area contributed by atoms with Crippen LogP contribution in [0.15, 0.2) is 170 Å². The lowest BCUT2D eigenvalue weighted by atomic mass is 9.35. The Morgan fingerprint density at radius 3 is 1.30 bits per heavy atom. The van der Waals surface area contributed by atoms with E-state index in [-0.39, 0.29) is 44.6 Å². The van der Waals surface area contributed by atoms with Crippen molar-refractivity contribution < 1.29 is 0 Å². The van der Waals surface area contributed by atoms with Crippen molar-refractivity contribution in [3.05, 3.63) is 209 Å². The summed E-state index contributed by atoms with van der Waals surface area (Å²) in [4.78, 5) is 5.53. The molecule has 0 N–H and O–H groups in total. The van der Waals surface area contributed by atoms with Crippen molar-refractivity contribution in [2.75, 3.05) is 9.80 Å². The van der Waals surface area contributed by atoms with E-state index in [4.69, 9.17) is 0 Å². The second-order valence-electron chi connectivity index (χ2n) is 30.9. The highest BCUT2D eigenvalue weighted by atomic mass is 32.1. The van der Waals surface area contributed by atoms with Crippen LogP contribution in [-0.4, -0.2) is 14.8 Å². The van der Waals surface area contributed by atoms with Gasteiger partial charge in [0.15, 0.2) is 8.07 Å². The van der Waals surface area contributed by atoms with E-state index in [1.165, 1.54) is 158 Å². The quantitative estimate of drug-likeness (QED) is 0.121. The lowest BCUT2D eigenvalue weighted by Crippen LogP contribution is -2.74. The first kappa shape index (κ1) is 54.5. The van der Waals surface area contributed by atoms with Gasteiger partial charge >= 0.3 is 0 Å². The van der Waals surface area contributed by atoms with Gasteiger partial charge in [0.2, 0.25) is 0 Å². The van der Waals surface area contributed by atoms with E-state index in [2.05, 4.69) is 295 Å². The minimum absolute atomic E-state index is 0.0229. The first-order valence-corrected chi connectivity index (χ1v) is 34.1. The molecule has 0 unspecified atom stereocenters. The van der Waals surface area contributed by atoms with Crippen molar-refractivity contribution in [1.29, 1.82) is 0 Å². The highest BCUT2D eigenvalue weighted by molar-refractivity contribution is 7.33. The third-order valence-electron chi connectivity index (χ3n) is 21.7. The average Bonchev–Trinajstić information content (AvgIpc) is 1.84. The summed E-state index contributed by atoms with van der Waals surface area (Å²) in [6.45, 7) is 37.3. The third kappa shape index (κ3) is 8.19. The molecule has 0 atom stereocenters. The normalized spacial score (nSPS) is 19.2. The van der Waals surface area contributed by atoms with Crippen LogP contribution in [0, 0.1) is 0 Å². The summed E-state index contributed by atoms with van der Waals surface area (Å²) in [7, 11) is -2.82. The van der Waals surface area contributed by atoms with Crippen LogP contribution in [-0.2, 0) is 37.9 Å². The Labute approximate surface area is 502 Å². The number of benzene rings is 8. The molecule has 2 nitrogen and oxygen atoms in total. The fraction of sp³-hybridized carbons (Fsp3) is 0.359. The van der Waals surface area contributed by atoms with Gasteiger partial charge in [-0.05, 0) is 202 Å². The Hall–Kier alpha value is -6.40. The van der Waals surface area contributed by atoms with E-state index >= 15 is 0 Å². The van der Waals surface area contributed by atoms with Crippen molar-refractivity contribution in [2.24, 2.45) is 0 Å². The van der Waals surface area contributed by atoms with Gasteiger partial charge in [0.05, 0.1) is 5.69 Å². The fourth-order valence-corrected chi connectivity index (χ4v) is 22.3. The van der Waals surface area contributed by atoms with Crippen LogP contribution >= 0.6 is 11.3 Å². The maximum atomic E-state index is 2.76. The van der Waals surface area contributed by atoms with Gasteiger partial charge < -0.3 is 9.80 Å². The number of hydrogen-bond acceptors (Lipinski definition) is 3. The van der Waals surface area contributed by atoms with Gasteiger partial charge in [0.1, 0.15) is 0 Å². The predicted octanol–water partition coefficient (Wildman–Crippen LogP) is 16.7. The molecular weight excluding hydrogens is 1040 g/mol. The third-order valence-corrected chi connectivity index (χ3v) is 27.7. The monoisotopic (exact) mass is 1120 g/mol. The maximum Gasteiger partial charge on any atom is 0.264 e.